The lowest BCUT2D eigenvalue weighted by Gasteiger charge is -2.12. The predicted octanol–water partition coefficient (Wildman–Crippen LogP) is 4.49. The number of aryl methyl sites for hydroxylation is 2. The molecule has 24 heavy (non-hydrogen) atoms. The van der Waals surface area contributed by atoms with Crippen LogP contribution in [0.2, 0.25) is 0 Å². The van der Waals surface area contributed by atoms with E-state index in [2.05, 4.69) is 24.9 Å². The second-order valence-corrected chi connectivity index (χ2v) is 7.54. The molecule has 0 aliphatic heterocycles. The SMILES string of the molecule is Cc1cnc(SC(C)C)c(COc2ccc(CCC(=O)O)cc2)c1. The second-order valence-electron chi connectivity index (χ2n) is 5.97. The minimum atomic E-state index is -0.780. The molecule has 1 N–H and O–H groups in total. The van der Waals surface area contributed by atoms with Gasteiger partial charge in [-0.05, 0) is 42.7 Å². The predicted molar refractivity (Wildman–Crippen MR) is 96.7 cm³/mol. The maximum absolute atomic E-state index is 10.6. The number of carboxylic acids is 1. The number of carbonyl (C=O) groups is 1. The van der Waals surface area contributed by atoms with Gasteiger partial charge in [0.2, 0.25) is 0 Å². The molecule has 1 aromatic heterocycles. The quantitative estimate of drug-likeness (QED) is 0.715. The van der Waals surface area contributed by atoms with Crippen LogP contribution in [-0.2, 0) is 17.8 Å². The number of hydrogen-bond acceptors (Lipinski definition) is 4. The first-order valence-electron chi connectivity index (χ1n) is 7.99. The summed E-state index contributed by atoms with van der Waals surface area (Å²) in [4.78, 5) is 15.1. The van der Waals surface area contributed by atoms with Crippen LogP contribution < -0.4 is 4.74 Å². The molecule has 128 valence electrons. The van der Waals surface area contributed by atoms with Gasteiger partial charge in [-0.3, -0.25) is 4.79 Å². The third kappa shape index (κ3) is 5.89. The van der Waals surface area contributed by atoms with E-state index in [0.29, 0.717) is 18.3 Å². The molecule has 0 radical (unpaired) electrons. The van der Waals surface area contributed by atoms with E-state index >= 15 is 0 Å². The number of benzene rings is 1. The van der Waals surface area contributed by atoms with Gasteiger partial charge in [0.05, 0.1) is 0 Å². The first-order valence-corrected chi connectivity index (χ1v) is 8.87. The number of ether oxygens (including phenoxy) is 1. The fraction of sp³-hybridized carbons (Fsp3) is 0.368. The molecule has 1 aromatic carbocycles. The van der Waals surface area contributed by atoms with Crippen molar-refractivity contribution in [3.05, 3.63) is 53.2 Å². The monoisotopic (exact) mass is 345 g/mol. The van der Waals surface area contributed by atoms with Crippen molar-refractivity contribution >= 4 is 17.7 Å². The van der Waals surface area contributed by atoms with Crippen LogP contribution in [0, 0.1) is 6.92 Å². The molecule has 1 heterocycles. The van der Waals surface area contributed by atoms with Crippen LogP contribution in [0.5, 0.6) is 5.75 Å². The van der Waals surface area contributed by atoms with Gasteiger partial charge in [0.25, 0.3) is 0 Å². The smallest absolute Gasteiger partial charge is 0.303 e. The number of aliphatic carboxylic acids is 1. The Hall–Kier alpha value is -2.01. The highest BCUT2D eigenvalue weighted by molar-refractivity contribution is 7.99. The Labute approximate surface area is 147 Å². The molecule has 0 aliphatic rings. The minimum Gasteiger partial charge on any atom is -0.489 e. The third-order valence-corrected chi connectivity index (χ3v) is 4.42. The van der Waals surface area contributed by atoms with Crippen molar-refractivity contribution < 1.29 is 14.6 Å². The van der Waals surface area contributed by atoms with Crippen LogP contribution in [0.25, 0.3) is 0 Å². The van der Waals surface area contributed by atoms with Crippen LogP contribution in [0.4, 0.5) is 0 Å². The standard InChI is InChI=1S/C19H23NO3S/c1-13(2)24-19-16(10-14(3)11-20-19)12-23-17-7-4-15(5-8-17)6-9-18(21)22/h4-5,7-8,10-11,13H,6,9,12H2,1-3H3,(H,21,22). The Morgan fingerprint density at radius 2 is 2.00 bits per heavy atom. The summed E-state index contributed by atoms with van der Waals surface area (Å²) < 4.78 is 5.88. The van der Waals surface area contributed by atoms with Crippen molar-refractivity contribution in [1.82, 2.24) is 4.98 Å². The zero-order chi connectivity index (χ0) is 17.5. The average Bonchev–Trinajstić information content (AvgIpc) is 2.53. The van der Waals surface area contributed by atoms with E-state index < -0.39 is 5.97 Å². The van der Waals surface area contributed by atoms with E-state index in [0.717, 1.165) is 27.5 Å². The molecule has 0 atom stereocenters. The van der Waals surface area contributed by atoms with E-state index in [1.165, 1.54) is 0 Å². The highest BCUT2D eigenvalue weighted by Crippen LogP contribution is 2.26. The molecular weight excluding hydrogens is 322 g/mol. The molecule has 0 aliphatic carbocycles. The summed E-state index contributed by atoms with van der Waals surface area (Å²) in [7, 11) is 0. The van der Waals surface area contributed by atoms with Crippen LogP contribution in [0.3, 0.4) is 0 Å². The molecule has 2 aromatic rings. The van der Waals surface area contributed by atoms with Crippen molar-refractivity contribution in [3.63, 3.8) is 0 Å². The van der Waals surface area contributed by atoms with Gasteiger partial charge in [-0.25, -0.2) is 4.98 Å². The number of pyridine rings is 1. The molecule has 4 nitrogen and oxygen atoms in total. The summed E-state index contributed by atoms with van der Waals surface area (Å²) in [5, 5.41) is 10.2. The van der Waals surface area contributed by atoms with E-state index in [4.69, 9.17) is 9.84 Å². The fourth-order valence-electron chi connectivity index (χ4n) is 2.21. The van der Waals surface area contributed by atoms with Crippen molar-refractivity contribution in [2.45, 2.75) is 50.5 Å². The van der Waals surface area contributed by atoms with Gasteiger partial charge in [0.1, 0.15) is 17.4 Å². The third-order valence-electron chi connectivity index (χ3n) is 3.35. The van der Waals surface area contributed by atoms with E-state index in [9.17, 15) is 4.79 Å². The van der Waals surface area contributed by atoms with Crippen molar-refractivity contribution in [2.75, 3.05) is 0 Å². The minimum absolute atomic E-state index is 0.144. The first-order chi connectivity index (χ1) is 11.4. The Morgan fingerprint density at radius 3 is 2.62 bits per heavy atom. The Morgan fingerprint density at radius 1 is 1.29 bits per heavy atom. The maximum atomic E-state index is 10.6. The number of carboxylic acid groups (broad SMARTS) is 1. The summed E-state index contributed by atoms with van der Waals surface area (Å²) in [6.07, 6.45) is 2.56. The van der Waals surface area contributed by atoms with Gasteiger partial charge in [-0.15, -0.1) is 11.8 Å². The summed E-state index contributed by atoms with van der Waals surface area (Å²) in [5.74, 6) is -0.00599. The lowest BCUT2D eigenvalue weighted by Crippen LogP contribution is -2.02. The molecule has 0 saturated carbocycles. The lowest BCUT2D eigenvalue weighted by atomic mass is 10.1. The lowest BCUT2D eigenvalue weighted by molar-refractivity contribution is -0.136. The van der Waals surface area contributed by atoms with Gasteiger partial charge in [0.15, 0.2) is 0 Å². The molecule has 0 unspecified atom stereocenters. The van der Waals surface area contributed by atoms with Gasteiger partial charge >= 0.3 is 5.97 Å². The highest BCUT2D eigenvalue weighted by Gasteiger charge is 2.09. The van der Waals surface area contributed by atoms with Gasteiger partial charge in [0, 0.05) is 23.4 Å². The van der Waals surface area contributed by atoms with Crippen LogP contribution in [0.15, 0.2) is 41.6 Å². The summed E-state index contributed by atoms with van der Waals surface area (Å²) in [6, 6.07) is 9.71. The maximum Gasteiger partial charge on any atom is 0.303 e. The van der Waals surface area contributed by atoms with E-state index in [-0.39, 0.29) is 6.42 Å². The topological polar surface area (TPSA) is 59.4 Å². The molecule has 0 bridgehead atoms. The van der Waals surface area contributed by atoms with Crippen molar-refractivity contribution in [2.24, 2.45) is 0 Å². The van der Waals surface area contributed by atoms with Crippen LogP contribution >= 0.6 is 11.8 Å². The molecule has 2 rings (SSSR count). The second kappa shape index (κ2) is 8.73. The molecule has 0 spiro atoms. The Bertz CT molecular complexity index is 684. The molecule has 0 amide bonds. The normalized spacial score (nSPS) is 10.8. The Kier molecular flexibility index (Phi) is 6.67. The largest absolute Gasteiger partial charge is 0.489 e. The molecule has 0 fully saturated rings. The number of rotatable bonds is 8. The van der Waals surface area contributed by atoms with Crippen LogP contribution in [0.1, 0.15) is 37.0 Å². The summed E-state index contributed by atoms with van der Waals surface area (Å²) in [6.45, 7) is 6.79. The van der Waals surface area contributed by atoms with Crippen molar-refractivity contribution in [3.8, 4) is 5.75 Å². The summed E-state index contributed by atoms with van der Waals surface area (Å²) in [5.41, 5.74) is 3.20. The molecular formula is C19H23NO3S. The number of hydrogen-bond donors (Lipinski definition) is 1. The number of aromatic nitrogens is 1. The van der Waals surface area contributed by atoms with Gasteiger partial charge in [-0.2, -0.15) is 0 Å². The van der Waals surface area contributed by atoms with Crippen molar-refractivity contribution in [1.29, 1.82) is 0 Å². The highest BCUT2D eigenvalue weighted by atomic mass is 32.2. The van der Waals surface area contributed by atoms with E-state index in [1.807, 2.05) is 37.4 Å². The first kappa shape index (κ1) is 18.3. The van der Waals surface area contributed by atoms with Gasteiger partial charge in [-0.1, -0.05) is 26.0 Å². The average molecular weight is 345 g/mol. The zero-order valence-corrected chi connectivity index (χ0v) is 15.1. The summed E-state index contributed by atoms with van der Waals surface area (Å²) >= 11 is 1.73. The molecule has 5 heteroatoms. The van der Waals surface area contributed by atoms with Crippen LogP contribution in [-0.4, -0.2) is 21.3 Å². The molecule has 0 saturated heterocycles. The van der Waals surface area contributed by atoms with E-state index in [1.54, 1.807) is 11.8 Å². The number of thioether (sulfide) groups is 1. The fourth-order valence-corrected chi connectivity index (χ4v) is 3.04. The zero-order valence-electron chi connectivity index (χ0n) is 14.3. The number of nitrogens with zero attached hydrogens (tertiary/aromatic N) is 1. The van der Waals surface area contributed by atoms with Gasteiger partial charge < -0.3 is 9.84 Å². The Balaban J connectivity index is 2.00.